The first-order valence-corrected chi connectivity index (χ1v) is 10.0. The number of benzene rings is 2. The predicted molar refractivity (Wildman–Crippen MR) is 116 cm³/mol. The van der Waals surface area contributed by atoms with Crippen molar-refractivity contribution >= 4 is 23.0 Å². The van der Waals surface area contributed by atoms with Crippen LogP contribution in [0.15, 0.2) is 60.8 Å². The molecule has 2 nitrogen and oxygen atoms in total. The van der Waals surface area contributed by atoms with Crippen molar-refractivity contribution in [3.63, 3.8) is 0 Å². The van der Waals surface area contributed by atoms with E-state index < -0.39 is 0 Å². The number of thiocarbonyl (C=S) groups is 1. The van der Waals surface area contributed by atoms with E-state index in [1.165, 1.54) is 36.0 Å². The molecule has 136 valence electrons. The van der Waals surface area contributed by atoms with E-state index in [-0.39, 0.29) is 0 Å². The first-order valence-electron chi connectivity index (χ1n) is 9.61. The molecule has 1 aliphatic rings. The molecule has 0 bridgehead atoms. The SMILES string of the molecule is C=C(NC(=S)Nc1ccc(CCCCC)cc1)C1CCc2ccccc21. The van der Waals surface area contributed by atoms with Crippen molar-refractivity contribution in [2.45, 2.75) is 51.4 Å². The number of hydrogen-bond acceptors (Lipinski definition) is 1. The van der Waals surface area contributed by atoms with Crippen LogP contribution in [-0.4, -0.2) is 5.11 Å². The van der Waals surface area contributed by atoms with Crippen molar-refractivity contribution in [1.29, 1.82) is 0 Å². The van der Waals surface area contributed by atoms with E-state index >= 15 is 0 Å². The van der Waals surface area contributed by atoms with Crippen molar-refractivity contribution in [3.05, 3.63) is 77.5 Å². The molecular weight excluding hydrogens is 336 g/mol. The molecule has 2 aromatic carbocycles. The summed E-state index contributed by atoms with van der Waals surface area (Å²) in [5, 5.41) is 7.18. The minimum Gasteiger partial charge on any atom is -0.336 e. The lowest BCUT2D eigenvalue weighted by Crippen LogP contribution is -2.29. The average molecular weight is 365 g/mol. The van der Waals surface area contributed by atoms with Gasteiger partial charge in [0, 0.05) is 17.3 Å². The molecule has 0 heterocycles. The molecule has 0 aromatic heterocycles. The van der Waals surface area contributed by atoms with Crippen molar-refractivity contribution in [2.24, 2.45) is 0 Å². The summed E-state index contributed by atoms with van der Waals surface area (Å²) in [5.74, 6) is 0.340. The molecule has 0 saturated carbocycles. The molecule has 2 aromatic rings. The van der Waals surface area contributed by atoms with Crippen LogP contribution in [0, 0.1) is 0 Å². The molecule has 0 amide bonds. The second-order valence-electron chi connectivity index (χ2n) is 7.05. The Balaban J connectivity index is 1.52. The Morgan fingerprint density at radius 3 is 2.65 bits per heavy atom. The van der Waals surface area contributed by atoms with Crippen LogP contribution in [0.3, 0.4) is 0 Å². The molecule has 0 saturated heterocycles. The summed E-state index contributed by atoms with van der Waals surface area (Å²) in [6, 6.07) is 17.2. The Bertz CT molecular complexity index is 764. The largest absolute Gasteiger partial charge is 0.336 e. The predicted octanol–water partition coefficient (Wildman–Crippen LogP) is 5.95. The van der Waals surface area contributed by atoms with Crippen LogP contribution in [0.1, 0.15) is 55.2 Å². The highest BCUT2D eigenvalue weighted by atomic mass is 32.1. The van der Waals surface area contributed by atoms with Gasteiger partial charge in [0.05, 0.1) is 0 Å². The monoisotopic (exact) mass is 364 g/mol. The molecule has 0 fully saturated rings. The van der Waals surface area contributed by atoms with Crippen LogP contribution in [0.2, 0.25) is 0 Å². The van der Waals surface area contributed by atoms with Gasteiger partial charge in [0.1, 0.15) is 0 Å². The molecule has 1 atom stereocenters. The molecule has 26 heavy (non-hydrogen) atoms. The van der Waals surface area contributed by atoms with Crippen LogP contribution in [-0.2, 0) is 12.8 Å². The van der Waals surface area contributed by atoms with Gasteiger partial charge in [-0.25, -0.2) is 0 Å². The van der Waals surface area contributed by atoms with Crippen LogP contribution < -0.4 is 10.6 Å². The molecule has 0 radical (unpaired) electrons. The van der Waals surface area contributed by atoms with E-state index in [2.05, 4.69) is 72.7 Å². The number of unbranched alkanes of at least 4 members (excludes halogenated alkanes) is 2. The standard InChI is InChI=1S/C23H28N2S/c1-3-4-5-8-18-11-14-20(15-12-18)25-23(26)24-17(2)21-16-13-19-9-6-7-10-22(19)21/h6-7,9-12,14-15,21H,2-5,8,13,16H2,1H3,(H2,24,25,26). The lowest BCUT2D eigenvalue weighted by molar-refractivity contribution is 0.717. The van der Waals surface area contributed by atoms with E-state index in [0.717, 1.165) is 30.6 Å². The van der Waals surface area contributed by atoms with Crippen molar-refractivity contribution < 1.29 is 0 Å². The number of fused-ring (bicyclic) bond motifs is 1. The fourth-order valence-corrected chi connectivity index (χ4v) is 3.90. The van der Waals surface area contributed by atoms with Crippen molar-refractivity contribution in [3.8, 4) is 0 Å². The lowest BCUT2D eigenvalue weighted by atomic mass is 9.98. The summed E-state index contributed by atoms with van der Waals surface area (Å²) >= 11 is 5.48. The molecular formula is C23H28N2S. The average Bonchev–Trinajstić information content (AvgIpc) is 3.07. The maximum absolute atomic E-state index is 5.48. The highest BCUT2D eigenvalue weighted by Gasteiger charge is 2.24. The van der Waals surface area contributed by atoms with Crippen LogP contribution >= 0.6 is 12.2 Å². The van der Waals surface area contributed by atoms with Gasteiger partial charge in [-0.3, -0.25) is 0 Å². The molecule has 0 aliphatic heterocycles. The normalized spacial score (nSPS) is 15.3. The summed E-state index contributed by atoms with van der Waals surface area (Å²) in [6.07, 6.45) is 7.16. The number of anilines is 1. The van der Waals surface area contributed by atoms with Crippen LogP contribution in [0.5, 0.6) is 0 Å². The Morgan fingerprint density at radius 2 is 1.88 bits per heavy atom. The second kappa shape index (κ2) is 9.00. The number of nitrogens with one attached hydrogen (secondary N) is 2. The fraction of sp³-hybridized carbons (Fsp3) is 0.348. The van der Waals surface area contributed by atoms with Gasteiger partial charge in [0.15, 0.2) is 5.11 Å². The van der Waals surface area contributed by atoms with Gasteiger partial charge in [-0.15, -0.1) is 0 Å². The number of allylic oxidation sites excluding steroid dienone is 1. The summed E-state index contributed by atoms with van der Waals surface area (Å²) in [5.41, 5.74) is 6.18. The number of rotatable bonds is 7. The zero-order valence-electron chi connectivity index (χ0n) is 15.6. The number of hydrogen-bond donors (Lipinski definition) is 2. The summed E-state index contributed by atoms with van der Waals surface area (Å²) in [4.78, 5) is 0. The maximum atomic E-state index is 5.48. The third kappa shape index (κ3) is 4.73. The first kappa shape index (κ1) is 18.7. The van der Waals surface area contributed by atoms with E-state index in [0.29, 0.717) is 11.0 Å². The quantitative estimate of drug-likeness (QED) is 0.469. The van der Waals surface area contributed by atoms with E-state index in [1.807, 2.05) is 0 Å². The Hall–Kier alpha value is -2.13. The summed E-state index contributed by atoms with van der Waals surface area (Å²) in [7, 11) is 0. The fourth-order valence-electron chi connectivity index (χ4n) is 3.65. The summed E-state index contributed by atoms with van der Waals surface area (Å²) in [6.45, 7) is 6.47. The van der Waals surface area contributed by atoms with Gasteiger partial charge in [0.25, 0.3) is 0 Å². The second-order valence-corrected chi connectivity index (χ2v) is 7.46. The third-order valence-corrected chi connectivity index (χ3v) is 5.31. The van der Waals surface area contributed by atoms with Crippen LogP contribution in [0.25, 0.3) is 0 Å². The highest BCUT2D eigenvalue weighted by Crippen LogP contribution is 2.36. The van der Waals surface area contributed by atoms with Gasteiger partial charge in [-0.2, -0.15) is 0 Å². The molecule has 3 rings (SSSR count). The Kier molecular flexibility index (Phi) is 6.45. The third-order valence-electron chi connectivity index (χ3n) is 5.11. The van der Waals surface area contributed by atoms with E-state index in [4.69, 9.17) is 12.2 Å². The Labute approximate surface area is 162 Å². The molecule has 0 spiro atoms. The number of aryl methyl sites for hydroxylation is 2. The van der Waals surface area contributed by atoms with Gasteiger partial charge in [-0.1, -0.05) is 62.7 Å². The smallest absolute Gasteiger partial charge is 0.175 e. The van der Waals surface area contributed by atoms with Gasteiger partial charge >= 0.3 is 0 Å². The van der Waals surface area contributed by atoms with Crippen molar-refractivity contribution in [1.82, 2.24) is 5.32 Å². The minimum absolute atomic E-state index is 0.340. The maximum Gasteiger partial charge on any atom is 0.175 e. The molecule has 3 heteroatoms. The van der Waals surface area contributed by atoms with Gasteiger partial charge < -0.3 is 10.6 Å². The highest BCUT2D eigenvalue weighted by molar-refractivity contribution is 7.80. The zero-order chi connectivity index (χ0) is 18.4. The lowest BCUT2D eigenvalue weighted by Gasteiger charge is -2.18. The van der Waals surface area contributed by atoms with Gasteiger partial charge in [0.2, 0.25) is 0 Å². The van der Waals surface area contributed by atoms with Crippen molar-refractivity contribution in [2.75, 3.05) is 5.32 Å². The molecule has 1 unspecified atom stereocenters. The minimum atomic E-state index is 0.340. The molecule has 1 aliphatic carbocycles. The van der Waals surface area contributed by atoms with Crippen LogP contribution in [0.4, 0.5) is 5.69 Å². The first-order chi connectivity index (χ1) is 12.7. The zero-order valence-corrected chi connectivity index (χ0v) is 16.4. The summed E-state index contributed by atoms with van der Waals surface area (Å²) < 4.78 is 0. The Morgan fingerprint density at radius 1 is 1.12 bits per heavy atom. The van der Waals surface area contributed by atoms with Gasteiger partial charge in [-0.05, 0) is 66.7 Å². The van der Waals surface area contributed by atoms with E-state index in [9.17, 15) is 0 Å². The van der Waals surface area contributed by atoms with E-state index in [1.54, 1.807) is 0 Å². The molecule has 2 N–H and O–H groups in total. The topological polar surface area (TPSA) is 24.1 Å².